The molecule has 0 bridgehead atoms. The number of carboxylic acid groups (broad SMARTS) is 1. The molecule has 0 spiro atoms. The highest BCUT2D eigenvalue weighted by atomic mass is 35.5. The lowest BCUT2D eigenvalue weighted by atomic mass is 9.86. The van der Waals surface area contributed by atoms with Gasteiger partial charge in [0.1, 0.15) is 5.82 Å². The number of halogens is 1. The number of hydrogen-bond donors (Lipinski definition) is 1. The van der Waals surface area contributed by atoms with E-state index in [1.165, 1.54) is 4.90 Å². The molecule has 4 rings (SSSR count). The van der Waals surface area contributed by atoms with Crippen molar-refractivity contribution in [3.8, 4) is 5.69 Å². The van der Waals surface area contributed by atoms with Crippen LogP contribution in [0.1, 0.15) is 55.7 Å². The first-order chi connectivity index (χ1) is 13.1. The molecule has 0 saturated heterocycles. The molecular weight excluding hydrogens is 368 g/mol. The molecule has 1 aliphatic carbocycles. The Hall–Kier alpha value is -2.12. The van der Waals surface area contributed by atoms with E-state index in [-0.39, 0.29) is 13.1 Å². The Morgan fingerprint density at radius 3 is 2.74 bits per heavy atom. The quantitative estimate of drug-likeness (QED) is 0.857. The van der Waals surface area contributed by atoms with Crippen LogP contribution < -0.4 is 0 Å². The zero-order valence-corrected chi connectivity index (χ0v) is 16.0. The lowest BCUT2D eigenvalue weighted by Gasteiger charge is -2.28. The standard InChI is InChI=1S/C19H23ClN4O3/c1-2-27-15-6-3-12(4-7-15)18-22-21-17-11-23(19(25)26)10-13-9-14(20)5-8-16(13)24(17)18/h5,8-9,12,15H,2-4,6-7,10-11H2,1H3,(H,25,26)/t12-,15-. The van der Waals surface area contributed by atoms with E-state index < -0.39 is 6.09 Å². The summed E-state index contributed by atoms with van der Waals surface area (Å²) < 4.78 is 7.80. The molecule has 0 atom stereocenters. The number of carbonyl (C=O) groups is 1. The van der Waals surface area contributed by atoms with E-state index in [1.807, 2.05) is 29.7 Å². The van der Waals surface area contributed by atoms with Crippen LogP contribution in [0.2, 0.25) is 5.02 Å². The maximum atomic E-state index is 11.6. The number of benzene rings is 1. The summed E-state index contributed by atoms with van der Waals surface area (Å²) in [6.07, 6.45) is 3.36. The van der Waals surface area contributed by atoms with Crippen LogP contribution in [-0.2, 0) is 17.8 Å². The molecule has 0 radical (unpaired) electrons. The van der Waals surface area contributed by atoms with E-state index in [4.69, 9.17) is 16.3 Å². The maximum absolute atomic E-state index is 11.6. The molecule has 1 fully saturated rings. The lowest BCUT2D eigenvalue weighted by Crippen LogP contribution is -2.28. The van der Waals surface area contributed by atoms with Crippen LogP contribution in [0.15, 0.2) is 18.2 Å². The van der Waals surface area contributed by atoms with Gasteiger partial charge in [-0.05, 0) is 56.4 Å². The fraction of sp³-hybridized carbons (Fsp3) is 0.526. The molecule has 1 amide bonds. The molecular formula is C19H23ClN4O3. The Kier molecular flexibility index (Phi) is 5.06. The number of aromatic nitrogens is 3. The number of ether oxygens (including phenoxy) is 1. The van der Waals surface area contributed by atoms with E-state index in [0.29, 0.717) is 22.9 Å². The van der Waals surface area contributed by atoms with Gasteiger partial charge < -0.3 is 9.84 Å². The number of hydrogen-bond acceptors (Lipinski definition) is 4. The summed E-state index contributed by atoms with van der Waals surface area (Å²) in [7, 11) is 0. The normalized spacial score (nSPS) is 22.1. The van der Waals surface area contributed by atoms with Crippen molar-refractivity contribution < 1.29 is 14.6 Å². The summed E-state index contributed by atoms with van der Waals surface area (Å²) >= 11 is 6.17. The van der Waals surface area contributed by atoms with E-state index in [2.05, 4.69) is 10.2 Å². The molecule has 2 heterocycles. The Labute approximate surface area is 162 Å². The Morgan fingerprint density at radius 2 is 2.04 bits per heavy atom. The second-order valence-electron chi connectivity index (χ2n) is 7.15. The molecule has 1 aromatic carbocycles. The number of fused-ring (bicyclic) bond motifs is 3. The molecule has 1 saturated carbocycles. The van der Waals surface area contributed by atoms with Gasteiger partial charge in [-0.1, -0.05) is 11.6 Å². The van der Waals surface area contributed by atoms with E-state index in [0.717, 1.165) is 49.4 Å². The first kappa shape index (κ1) is 18.3. The summed E-state index contributed by atoms with van der Waals surface area (Å²) in [5, 5.41) is 18.9. The van der Waals surface area contributed by atoms with E-state index >= 15 is 0 Å². The molecule has 2 aromatic rings. The van der Waals surface area contributed by atoms with Crippen molar-refractivity contribution >= 4 is 17.7 Å². The Morgan fingerprint density at radius 1 is 1.26 bits per heavy atom. The molecule has 0 unspecified atom stereocenters. The van der Waals surface area contributed by atoms with Gasteiger partial charge in [0.15, 0.2) is 5.82 Å². The number of rotatable bonds is 3. The fourth-order valence-electron chi connectivity index (χ4n) is 4.15. The third kappa shape index (κ3) is 3.53. The van der Waals surface area contributed by atoms with Gasteiger partial charge >= 0.3 is 6.09 Å². The van der Waals surface area contributed by atoms with Gasteiger partial charge in [0, 0.05) is 17.5 Å². The third-order valence-corrected chi connectivity index (χ3v) is 5.68. The number of amides is 1. The third-order valence-electron chi connectivity index (χ3n) is 5.44. The first-order valence-electron chi connectivity index (χ1n) is 9.39. The molecule has 2 aliphatic rings. The van der Waals surface area contributed by atoms with Gasteiger partial charge in [0.05, 0.1) is 24.9 Å². The number of nitrogens with zero attached hydrogens (tertiary/aromatic N) is 4. The SMILES string of the molecule is CCO[C@H]1CC[C@H](c2nnc3n2-c2ccc(Cl)cc2CN(C(=O)O)C3)CC1. The molecule has 1 N–H and O–H groups in total. The minimum Gasteiger partial charge on any atom is -0.465 e. The van der Waals surface area contributed by atoms with Crippen LogP contribution in [-0.4, -0.2) is 43.6 Å². The van der Waals surface area contributed by atoms with Crippen LogP contribution in [0.25, 0.3) is 5.69 Å². The molecule has 27 heavy (non-hydrogen) atoms. The van der Waals surface area contributed by atoms with Gasteiger partial charge in [0.25, 0.3) is 0 Å². The Balaban J connectivity index is 1.71. The predicted octanol–water partition coefficient (Wildman–Crippen LogP) is 3.98. The van der Waals surface area contributed by atoms with Crippen LogP contribution >= 0.6 is 11.6 Å². The van der Waals surface area contributed by atoms with Crippen molar-refractivity contribution in [2.75, 3.05) is 6.61 Å². The maximum Gasteiger partial charge on any atom is 0.408 e. The summed E-state index contributed by atoms with van der Waals surface area (Å²) in [5.74, 6) is 1.86. The topological polar surface area (TPSA) is 80.5 Å². The molecule has 7 nitrogen and oxygen atoms in total. The second kappa shape index (κ2) is 7.48. The first-order valence-corrected chi connectivity index (χ1v) is 9.77. The molecule has 144 valence electrons. The average molecular weight is 391 g/mol. The second-order valence-corrected chi connectivity index (χ2v) is 7.59. The van der Waals surface area contributed by atoms with Crippen LogP contribution in [0.3, 0.4) is 0 Å². The molecule has 1 aromatic heterocycles. The van der Waals surface area contributed by atoms with Crippen LogP contribution in [0, 0.1) is 0 Å². The summed E-state index contributed by atoms with van der Waals surface area (Å²) in [6, 6.07) is 5.60. The van der Waals surface area contributed by atoms with Crippen LogP contribution in [0.4, 0.5) is 4.79 Å². The van der Waals surface area contributed by atoms with E-state index in [1.54, 1.807) is 0 Å². The van der Waals surface area contributed by atoms with Gasteiger partial charge in [0.2, 0.25) is 0 Å². The Bertz CT molecular complexity index is 845. The smallest absolute Gasteiger partial charge is 0.408 e. The van der Waals surface area contributed by atoms with Crippen LogP contribution in [0.5, 0.6) is 0 Å². The van der Waals surface area contributed by atoms with Gasteiger partial charge in [-0.25, -0.2) is 4.79 Å². The monoisotopic (exact) mass is 390 g/mol. The van der Waals surface area contributed by atoms with Gasteiger partial charge in [-0.2, -0.15) is 0 Å². The highest BCUT2D eigenvalue weighted by molar-refractivity contribution is 6.30. The average Bonchev–Trinajstić information content (AvgIpc) is 2.98. The lowest BCUT2D eigenvalue weighted by molar-refractivity contribution is 0.0321. The van der Waals surface area contributed by atoms with Crippen molar-refractivity contribution in [1.82, 2.24) is 19.7 Å². The largest absolute Gasteiger partial charge is 0.465 e. The summed E-state index contributed by atoms with van der Waals surface area (Å²) in [6.45, 7) is 3.27. The minimum atomic E-state index is -0.976. The molecule has 1 aliphatic heterocycles. The van der Waals surface area contributed by atoms with Crippen molar-refractivity contribution in [3.05, 3.63) is 40.4 Å². The van der Waals surface area contributed by atoms with E-state index in [9.17, 15) is 9.90 Å². The zero-order chi connectivity index (χ0) is 19.0. The summed E-state index contributed by atoms with van der Waals surface area (Å²) in [4.78, 5) is 13.0. The van der Waals surface area contributed by atoms with Crippen molar-refractivity contribution in [1.29, 1.82) is 0 Å². The van der Waals surface area contributed by atoms with Gasteiger partial charge in [-0.15, -0.1) is 10.2 Å². The zero-order valence-electron chi connectivity index (χ0n) is 15.3. The van der Waals surface area contributed by atoms with Crippen molar-refractivity contribution in [2.24, 2.45) is 0 Å². The van der Waals surface area contributed by atoms with Crippen molar-refractivity contribution in [2.45, 2.75) is 57.7 Å². The summed E-state index contributed by atoms with van der Waals surface area (Å²) in [5.41, 5.74) is 1.79. The van der Waals surface area contributed by atoms with Crippen molar-refractivity contribution in [3.63, 3.8) is 0 Å². The minimum absolute atomic E-state index is 0.211. The fourth-order valence-corrected chi connectivity index (χ4v) is 4.34. The molecule has 8 heteroatoms. The highest BCUT2D eigenvalue weighted by Gasteiger charge is 2.31. The predicted molar refractivity (Wildman–Crippen MR) is 100 cm³/mol. The highest BCUT2D eigenvalue weighted by Crippen LogP contribution is 2.36. The van der Waals surface area contributed by atoms with Gasteiger partial charge in [-0.3, -0.25) is 9.47 Å².